The van der Waals surface area contributed by atoms with Crippen molar-refractivity contribution in [3.05, 3.63) is 35.4 Å². The zero-order chi connectivity index (χ0) is 21.0. The average molecular weight is 402 g/mol. The fraction of sp³-hybridized carbons (Fsp3) is 0.591. The SMILES string of the molecule is CC(C)(C)OC(=O)NCc1ccc(C(=O)N2CCC(NC(=O)C3CC3)CC2)cc1. The Labute approximate surface area is 172 Å². The predicted octanol–water partition coefficient (Wildman–Crippen LogP) is 2.84. The molecule has 0 unspecified atom stereocenters. The van der Waals surface area contributed by atoms with Gasteiger partial charge in [0.25, 0.3) is 5.91 Å². The normalized spacial score (nSPS) is 17.6. The zero-order valence-electron chi connectivity index (χ0n) is 17.5. The number of ether oxygens (including phenoxy) is 1. The van der Waals surface area contributed by atoms with Crippen LogP contribution in [0.1, 0.15) is 62.4 Å². The van der Waals surface area contributed by atoms with Crippen LogP contribution in [0.5, 0.6) is 0 Å². The minimum Gasteiger partial charge on any atom is -0.444 e. The minimum absolute atomic E-state index is 0.00335. The second-order valence-electron chi connectivity index (χ2n) is 8.90. The molecule has 1 aliphatic carbocycles. The molecule has 0 radical (unpaired) electrons. The highest BCUT2D eigenvalue weighted by Gasteiger charge is 2.32. The number of amides is 3. The van der Waals surface area contributed by atoms with Gasteiger partial charge in [-0.2, -0.15) is 0 Å². The summed E-state index contributed by atoms with van der Waals surface area (Å²) in [6.07, 6.45) is 3.14. The van der Waals surface area contributed by atoms with Gasteiger partial charge < -0.3 is 20.3 Å². The minimum atomic E-state index is -0.533. The lowest BCUT2D eigenvalue weighted by molar-refractivity contribution is -0.123. The first-order valence-electron chi connectivity index (χ1n) is 10.4. The number of piperidine rings is 1. The van der Waals surface area contributed by atoms with Crippen LogP contribution in [-0.4, -0.2) is 47.5 Å². The van der Waals surface area contributed by atoms with Crippen molar-refractivity contribution >= 4 is 17.9 Å². The van der Waals surface area contributed by atoms with Crippen molar-refractivity contribution in [1.29, 1.82) is 0 Å². The van der Waals surface area contributed by atoms with E-state index in [2.05, 4.69) is 10.6 Å². The number of hydrogen-bond acceptors (Lipinski definition) is 4. The Kier molecular flexibility index (Phi) is 6.45. The van der Waals surface area contributed by atoms with Crippen molar-refractivity contribution in [3.8, 4) is 0 Å². The fourth-order valence-electron chi connectivity index (χ4n) is 3.33. The third-order valence-electron chi connectivity index (χ3n) is 5.11. The lowest BCUT2D eigenvalue weighted by Gasteiger charge is -2.32. The molecule has 1 aliphatic heterocycles. The summed E-state index contributed by atoms with van der Waals surface area (Å²) in [6.45, 7) is 7.09. The molecule has 1 aromatic carbocycles. The van der Waals surface area contributed by atoms with E-state index in [-0.39, 0.29) is 23.8 Å². The Morgan fingerprint density at radius 3 is 2.21 bits per heavy atom. The molecule has 2 N–H and O–H groups in total. The predicted molar refractivity (Wildman–Crippen MR) is 109 cm³/mol. The number of likely N-dealkylation sites (tertiary alicyclic amines) is 1. The Bertz CT molecular complexity index is 742. The molecule has 1 heterocycles. The van der Waals surface area contributed by atoms with E-state index in [0.717, 1.165) is 31.2 Å². The fourth-order valence-corrected chi connectivity index (χ4v) is 3.33. The molecule has 7 heteroatoms. The molecule has 0 spiro atoms. The van der Waals surface area contributed by atoms with Crippen molar-refractivity contribution in [2.24, 2.45) is 5.92 Å². The third kappa shape index (κ3) is 6.48. The number of alkyl carbamates (subject to hydrolysis) is 1. The van der Waals surface area contributed by atoms with Gasteiger partial charge in [0.1, 0.15) is 5.60 Å². The maximum Gasteiger partial charge on any atom is 0.407 e. The summed E-state index contributed by atoms with van der Waals surface area (Å²) in [5.41, 5.74) is 0.995. The first-order valence-corrected chi connectivity index (χ1v) is 10.4. The summed E-state index contributed by atoms with van der Waals surface area (Å²) >= 11 is 0. The molecule has 2 aliphatic rings. The molecule has 0 aromatic heterocycles. The lowest BCUT2D eigenvalue weighted by atomic mass is 10.0. The maximum absolute atomic E-state index is 12.7. The van der Waals surface area contributed by atoms with Crippen LogP contribution in [-0.2, 0) is 16.1 Å². The molecular weight excluding hydrogens is 370 g/mol. The van der Waals surface area contributed by atoms with E-state index in [1.54, 1.807) is 12.1 Å². The van der Waals surface area contributed by atoms with Gasteiger partial charge in [0, 0.05) is 37.2 Å². The van der Waals surface area contributed by atoms with Crippen molar-refractivity contribution in [1.82, 2.24) is 15.5 Å². The van der Waals surface area contributed by atoms with Gasteiger partial charge in [-0.15, -0.1) is 0 Å². The van der Waals surface area contributed by atoms with Gasteiger partial charge in [-0.3, -0.25) is 9.59 Å². The molecule has 158 valence electrons. The van der Waals surface area contributed by atoms with Crippen LogP contribution >= 0.6 is 0 Å². The van der Waals surface area contributed by atoms with E-state index in [1.807, 2.05) is 37.8 Å². The highest BCUT2D eigenvalue weighted by Crippen LogP contribution is 2.29. The van der Waals surface area contributed by atoms with Gasteiger partial charge in [0.15, 0.2) is 0 Å². The van der Waals surface area contributed by atoms with Crippen molar-refractivity contribution in [2.75, 3.05) is 13.1 Å². The van der Waals surface area contributed by atoms with Crippen molar-refractivity contribution in [3.63, 3.8) is 0 Å². The van der Waals surface area contributed by atoms with Crippen LogP contribution in [0.15, 0.2) is 24.3 Å². The van der Waals surface area contributed by atoms with Gasteiger partial charge in [-0.25, -0.2) is 4.79 Å². The molecule has 2 fully saturated rings. The lowest BCUT2D eigenvalue weighted by Crippen LogP contribution is -2.46. The van der Waals surface area contributed by atoms with E-state index in [4.69, 9.17) is 4.74 Å². The Morgan fingerprint density at radius 1 is 1.03 bits per heavy atom. The second-order valence-corrected chi connectivity index (χ2v) is 8.90. The number of nitrogens with one attached hydrogen (secondary N) is 2. The number of rotatable bonds is 5. The van der Waals surface area contributed by atoms with Crippen molar-refractivity contribution in [2.45, 2.75) is 64.6 Å². The standard InChI is InChI=1S/C22H31N3O4/c1-22(2,3)29-21(28)23-14-15-4-6-17(7-5-15)20(27)25-12-10-18(11-13-25)24-19(26)16-8-9-16/h4-7,16,18H,8-14H2,1-3H3,(H,23,28)(H,24,26). The van der Waals surface area contributed by atoms with Crippen LogP contribution in [0.3, 0.4) is 0 Å². The first-order chi connectivity index (χ1) is 13.7. The van der Waals surface area contributed by atoms with E-state index >= 15 is 0 Å². The summed E-state index contributed by atoms with van der Waals surface area (Å²) < 4.78 is 5.21. The molecule has 1 aromatic rings. The molecule has 3 amide bonds. The number of nitrogens with zero attached hydrogens (tertiary/aromatic N) is 1. The molecule has 29 heavy (non-hydrogen) atoms. The molecule has 1 saturated carbocycles. The van der Waals surface area contributed by atoms with Gasteiger partial charge in [-0.05, 0) is 64.2 Å². The largest absolute Gasteiger partial charge is 0.444 e. The number of hydrogen-bond donors (Lipinski definition) is 2. The van der Waals surface area contributed by atoms with Crippen LogP contribution in [0, 0.1) is 5.92 Å². The molecule has 0 atom stereocenters. The monoisotopic (exact) mass is 401 g/mol. The zero-order valence-corrected chi connectivity index (χ0v) is 17.5. The Balaban J connectivity index is 1.44. The highest BCUT2D eigenvalue weighted by atomic mass is 16.6. The van der Waals surface area contributed by atoms with Crippen LogP contribution in [0.25, 0.3) is 0 Å². The van der Waals surface area contributed by atoms with Gasteiger partial charge in [-0.1, -0.05) is 12.1 Å². The number of carbonyl (C=O) groups is 3. The first kappa shape index (κ1) is 21.1. The molecular formula is C22H31N3O4. The smallest absolute Gasteiger partial charge is 0.407 e. The summed E-state index contributed by atoms with van der Waals surface area (Å²) in [7, 11) is 0. The van der Waals surface area contributed by atoms with E-state index < -0.39 is 11.7 Å². The summed E-state index contributed by atoms with van der Waals surface area (Å²) in [5, 5.41) is 5.81. The Hall–Kier alpha value is -2.57. The second kappa shape index (κ2) is 8.84. The van der Waals surface area contributed by atoms with Gasteiger partial charge >= 0.3 is 6.09 Å². The number of carbonyl (C=O) groups excluding carboxylic acids is 3. The van der Waals surface area contributed by atoms with E-state index in [0.29, 0.717) is 25.2 Å². The number of benzene rings is 1. The molecule has 1 saturated heterocycles. The van der Waals surface area contributed by atoms with Crippen molar-refractivity contribution < 1.29 is 19.1 Å². The van der Waals surface area contributed by atoms with Gasteiger partial charge in [0.2, 0.25) is 5.91 Å². The summed E-state index contributed by atoms with van der Waals surface area (Å²) in [6, 6.07) is 7.43. The molecule has 7 nitrogen and oxygen atoms in total. The molecule has 0 bridgehead atoms. The quantitative estimate of drug-likeness (QED) is 0.794. The van der Waals surface area contributed by atoms with Gasteiger partial charge in [0.05, 0.1) is 0 Å². The topological polar surface area (TPSA) is 87.7 Å². The van der Waals surface area contributed by atoms with E-state index in [9.17, 15) is 14.4 Å². The van der Waals surface area contributed by atoms with Crippen LogP contribution in [0.4, 0.5) is 4.79 Å². The van der Waals surface area contributed by atoms with Crippen LogP contribution in [0.2, 0.25) is 0 Å². The molecule has 3 rings (SSSR count). The third-order valence-corrected chi connectivity index (χ3v) is 5.11. The van der Waals surface area contributed by atoms with E-state index in [1.165, 1.54) is 0 Å². The summed E-state index contributed by atoms with van der Waals surface area (Å²) in [5.74, 6) is 0.395. The Morgan fingerprint density at radius 2 is 1.66 bits per heavy atom. The van der Waals surface area contributed by atoms with Crippen LogP contribution < -0.4 is 10.6 Å². The average Bonchev–Trinajstić information content (AvgIpc) is 3.51. The highest BCUT2D eigenvalue weighted by molar-refractivity contribution is 5.94. The summed E-state index contributed by atoms with van der Waals surface area (Å²) in [4.78, 5) is 38.2. The maximum atomic E-state index is 12.7.